The van der Waals surface area contributed by atoms with Crippen LogP contribution in [0.4, 0.5) is 13.9 Å². The van der Waals surface area contributed by atoms with E-state index in [-0.39, 0.29) is 5.82 Å². The van der Waals surface area contributed by atoms with Crippen molar-refractivity contribution in [3.63, 3.8) is 0 Å². The van der Waals surface area contributed by atoms with Crippen molar-refractivity contribution in [2.24, 2.45) is 5.10 Å². The van der Waals surface area contributed by atoms with Crippen LogP contribution in [0.5, 0.6) is 5.75 Å². The van der Waals surface area contributed by atoms with Crippen LogP contribution in [0.1, 0.15) is 10.4 Å². The minimum Gasteiger partial charge on any atom is -0.497 e. The maximum atomic E-state index is 14.2. The summed E-state index contributed by atoms with van der Waals surface area (Å²) in [6.45, 7) is 1.87. The SMILES string of the molecule is COc1ccc(-c2nc(N/N=C\c3ccc(F)cc3)sc2C)c(F)c1. The Bertz CT molecular complexity index is 907. The van der Waals surface area contributed by atoms with Crippen molar-refractivity contribution in [2.45, 2.75) is 6.92 Å². The average molecular weight is 359 g/mol. The minimum atomic E-state index is -0.394. The zero-order chi connectivity index (χ0) is 17.8. The molecule has 1 heterocycles. The lowest BCUT2D eigenvalue weighted by Gasteiger charge is -2.04. The van der Waals surface area contributed by atoms with E-state index in [0.29, 0.717) is 22.1 Å². The number of aromatic nitrogens is 1. The Morgan fingerprint density at radius 2 is 1.92 bits per heavy atom. The van der Waals surface area contributed by atoms with Gasteiger partial charge in [-0.15, -0.1) is 11.3 Å². The second kappa shape index (κ2) is 7.40. The number of aryl methyl sites for hydroxylation is 1. The molecule has 0 aliphatic rings. The predicted octanol–water partition coefficient (Wildman–Crippen LogP) is 4.85. The number of thiazole rings is 1. The van der Waals surface area contributed by atoms with Gasteiger partial charge in [-0.05, 0) is 36.8 Å². The molecule has 2 aromatic carbocycles. The number of methoxy groups -OCH3 is 1. The molecule has 0 fully saturated rings. The monoisotopic (exact) mass is 359 g/mol. The molecular formula is C18H15F2N3OS. The van der Waals surface area contributed by atoms with Crippen molar-refractivity contribution in [1.82, 2.24) is 4.98 Å². The highest BCUT2D eigenvalue weighted by Crippen LogP contribution is 2.33. The molecule has 0 saturated carbocycles. The molecule has 0 aliphatic carbocycles. The molecule has 25 heavy (non-hydrogen) atoms. The molecule has 0 amide bonds. The van der Waals surface area contributed by atoms with Crippen LogP contribution in [0.25, 0.3) is 11.3 Å². The summed E-state index contributed by atoms with van der Waals surface area (Å²) in [6.07, 6.45) is 1.56. The fraction of sp³-hybridized carbons (Fsp3) is 0.111. The summed E-state index contributed by atoms with van der Waals surface area (Å²) in [5.74, 6) is -0.239. The lowest BCUT2D eigenvalue weighted by Crippen LogP contribution is -1.92. The van der Waals surface area contributed by atoms with Crippen LogP contribution in [0, 0.1) is 18.6 Å². The molecule has 128 valence electrons. The normalized spacial score (nSPS) is 11.0. The molecule has 4 nitrogen and oxygen atoms in total. The van der Waals surface area contributed by atoms with E-state index in [0.717, 1.165) is 10.4 Å². The number of rotatable bonds is 5. The zero-order valence-corrected chi connectivity index (χ0v) is 14.4. The van der Waals surface area contributed by atoms with Gasteiger partial charge in [-0.3, -0.25) is 5.43 Å². The molecule has 1 aromatic heterocycles. The third-order valence-corrected chi connectivity index (χ3v) is 4.35. The van der Waals surface area contributed by atoms with E-state index in [1.807, 2.05) is 6.92 Å². The first-order valence-electron chi connectivity index (χ1n) is 7.43. The van der Waals surface area contributed by atoms with Crippen molar-refractivity contribution < 1.29 is 13.5 Å². The van der Waals surface area contributed by atoms with Crippen LogP contribution in [0.2, 0.25) is 0 Å². The predicted molar refractivity (Wildman–Crippen MR) is 96.4 cm³/mol. The van der Waals surface area contributed by atoms with Gasteiger partial charge in [-0.25, -0.2) is 13.8 Å². The number of nitrogens with zero attached hydrogens (tertiary/aromatic N) is 2. The number of nitrogens with one attached hydrogen (secondary N) is 1. The molecule has 0 radical (unpaired) electrons. The molecule has 3 rings (SSSR count). The number of halogens is 2. The maximum Gasteiger partial charge on any atom is 0.204 e. The summed E-state index contributed by atoms with van der Waals surface area (Å²) in [5.41, 5.74) is 4.54. The summed E-state index contributed by atoms with van der Waals surface area (Å²) in [4.78, 5) is 5.26. The number of hydrogen-bond acceptors (Lipinski definition) is 5. The number of hydrogen-bond donors (Lipinski definition) is 1. The van der Waals surface area contributed by atoms with Gasteiger partial charge in [0, 0.05) is 16.5 Å². The van der Waals surface area contributed by atoms with Crippen molar-refractivity contribution in [3.8, 4) is 17.0 Å². The lowest BCUT2D eigenvalue weighted by molar-refractivity contribution is 0.411. The van der Waals surface area contributed by atoms with E-state index in [1.165, 1.54) is 36.6 Å². The first kappa shape index (κ1) is 17.0. The summed E-state index contributed by atoms with van der Waals surface area (Å²) >= 11 is 1.37. The first-order valence-corrected chi connectivity index (χ1v) is 8.24. The number of ether oxygens (including phenoxy) is 1. The van der Waals surface area contributed by atoms with Crippen LogP contribution in [0.15, 0.2) is 47.6 Å². The molecular weight excluding hydrogens is 344 g/mol. The molecule has 1 N–H and O–H groups in total. The van der Waals surface area contributed by atoms with Gasteiger partial charge >= 0.3 is 0 Å². The standard InChI is InChI=1S/C18H15F2N3OS/c1-11-17(15-8-7-14(24-2)9-16(15)20)22-18(25-11)23-21-10-12-3-5-13(19)6-4-12/h3-10H,1-2H3,(H,22,23)/b21-10-. The van der Waals surface area contributed by atoms with E-state index < -0.39 is 5.82 Å². The Morgan fingerprint density at radius 3 is 2.60 bits per heavy atom. The smallest absolute Gasteiger partial charge is 0.204 e. The van der Waals surface area contributed by atoms with E-state index in [2.05, 4.69) is 15.5 Å². The minimum absolute atomic E-state index is 0.299. The van der Waals surface area contributed by atoms with Gasteiger partial charge in [-0.2, -0.15) is 5.10 Å². The van der Waals surface area contributed by atoms with Gasteiger partial charge in [0.25, 0.3) is 0 Å². The summed E-state index contributed by atoms with van der Waals surface area (Å²) in [5, 5.41) is 4.62. The lowest BCUT2D eigenvalue weighted by atomic mass is 10.1. The van der Waals surface area contributed by atoms with Crippen molar-refractivity contribution in [3.05, 3.63) is 64.5 Å². The van der Waals surface area contributed by atoms with Crippen molar-refractivity contribution >= 4 is 22.7 Å². The largest absolute Gasteiger partial charge is 0.497 e. The third kappa shape index (κ3) is 4.00. The van der Waals surface area contributed by atoms with Gasteiger partial charge in [-0.1, -0.05) is 12.1 Å². The highest BCUT2D eigenvalue weighted by Gasteiger charge is 2.14. The first-order chi connectivity index (χ1) is 12.1. The molecule has 0 aliphatic heterocycles. The third-order valence-electron chi connectivity index (χ3n) is 3.47. The summed E-state index contributed by atoms with van der Waals surface area (Å²) in [6, 6.07) is 10.6. The second-order valence-corrected chi connectivity index (χ2v) is 6.39. The number of hydrazone groups is 1. The molecule has 0 bridgehead atoms. The van der Waals surface area contributed by atoms with E-state index in [4.69, 9.17) is 4.74 Å². The van der Waals surface area contributed by atoms with Gasteiger partial charge < -0.3 is 4.74 Å². The molecule has 0 unspecified atom stereocenters. The number of anilines is 1. The summed E-state index contributed by atoms with van der Waals surface area (Å²) < 4.78 is 32.1. The van der Waals surface area contributed by atoms with Gasteiger partial charge in [0.15, 0.2) is 0 Å². The Balaban J connectivity index is 1.77. The van der Waals surface area contributed by atoms with E-state index >= 15 is 0 Å². The van der Waals surface area contributed by atoms with Crippen LogP contribution < -0.4 is 10.2 Å². The van der Waals surface area contributed by atoms with Crippen LogP contribution in [-0.4, -0.2) is 18.3 Å². The summed E-state index contributed by atoms with van der Waals surface area (Å²) in [7, 11) is 1.49. The molecule has 0 atom stereocenters. The molecule has 0 saturated heterocycles. The van der Waals surface area contributed by atoms with Gasteiger partial charge in [0.05, 0.1) is 19.0 Å². The fourth-order valence-electron chi connectivity index (χ4n) is 2.22. The van der Waals surface area contributed by atoms with Crippen molar-refractivity contribution in [1.29, 1.82) is 0 Å². The second-order valence-electron chi connectivity index (χ2n) is 5.19. The topological polar surface area (TPSA) is 46.5 Å². The molecule has 0 spiro atoms. The van der Waals surface area contributed by atoms with E-state index in [1.54, 1.807) is 30.5 Å². The molecule has 3 aromatic rings. The zero-order valence-electron chi connectivity index (χ0n) is 13.6. The van der Waals surface area contributed by atoms with Gasteiger partial charge in [0.1, 0.15) is 17.4 Å². The Labute approximate surface area is 147 Å². The number of benzene rings is 2. The van der Waals surface area contributed by atoms with Crippen LogP contribution >= 0.6 is 11.3 Å². The van der Waals surface area contributed by atoms with Gasteiger partial charge in [0.2, 0.25) is 5.13 Å². The van der Waals surface area contributed by atoms with Crippen LogP contribution in [-0.2, 0) is 0 Å². The van der Waals surface area contributed by atoms with Crippen molar-refractivity contribution in [2.75, 3.05) is 12.5 Å². The highest BCUT2D eigenvalue weighted by molar-refractivity contribution is 7.15. The highest BCUT2D eigenvalue weighted by atomic mass is 32.1. The van der Waals surface area contributed by atoms with Crippen LogP contribution in [0.3, 0.4) is 0 Å². The Morgan fingerprint density at radius 1 is 1.16 bits per heavy atom. The Hall–Kier alpha value is -2.80. The van der Waals surface area contributed by atoms with E-state index in [9.17, 15) is 8.78 Å². The Kier molecular flexibility index (Phi) is 5.04. The average Bonchev–Trinajstić information content (AvgIpc) is 2.97. The fourth-order valence-corrected chi connectivity index (χ4v) is 3.00. The maximum absolute atomic E-state index is 14.2. The quantitative estimate of drug-likeness (QED) is 0.523. The molecule has 7 heteroatoms.